The smallest absolute Gasteiger partial charge is 0.000718 e. The van der Waals surface area contributed by atoms with Crippen molar-refractivity contribution in [1.29, 1.82) is 0 Å². The lowest BCUT2D eigenvalue weighted by Crippen LogP contribution is -1.81. The van der Waals surface area contributed by atoms with Gasteiger partial charge in [-0.3, -0.25) is 0 Å². The highest BCUT2D eigenvalue weighted by atomic mass is 14.0. The van der Waals surface area contributed by atoms with E-state index < -0.39 is 0 Å². The van der Waals surface area contributed by atoms with Crippen LogP contribution >= 0.6 is 0 Å². The highest BCUT2D eigenvalue weighted by Crippen LogP contribution is 2.25. The van der Waals surface area contributed by atoms with Crippen LogP contribution in [0.2, 0.25) is 0 Å². The Labute approximate surface area is 108 Å². The first-order valence-electron chi connectivity index (χ1n) is 5.89. The lowest BCUT2D eigenvalue weighted by molar-refractivity contribution is 1.57. The van der Waals surface area contributed by atoms with Gasteiger partial charge in [0.05, 0.1) is 0 Å². The molecule has 0 amide bonds. The average molecular weight is 227 g/mol. The van der Waals surface area contributed by atoms with Gasteiger partial charge in [-0.2, -0.15) is 0 Å². The van der Waals surface area contributed by atoms with E-state index in [1.54, 1.807) is 0 Å². The molecule has 0 nitrogen and oxygen atoms in total. The van der Waals surface area contributed by atoms with Crippen molar-refractivity contribution in [3.8, 4) is 22.3 Å². The summed E-state index contributed by atoms with van der Waals surface area (Å²) in [6.45, 7) is 0. The Hall–Kier alpha value is -2.34. The molecule has 0 aliphatic heterocycles. The SMILES string of the molecule is [c]1[c]ccc(-c2cccc(-c3ccccc3)c2)[c]1. The van der Waals surface area contributed by atoms with E-state index in [9.17, 15) is 0 Å². The zero-order chi connectivity index (χ0) is 12.2. The van der Waals surface area contributed by atoms with Gasteiger partial charge in [0, 0.05) is 0 Å². The third-order valence-corrected chi connectivity index (χ3v) is 2.88. The summed E-state index contributed by atoms with van der Waals surface area (Å²) in [4.78, 5) is 0. The van der Waals surface area contributed by atoms with Gasteiger partial charge >= 0.3 is 0 Å². The van der Waals surface area contributed by atoms with Gasteiger partial charge in [-0.05, 0) is 46.5 Å². The fourth-order valence-corrected chi connectivity index (χ4v) is 1.98. The van der Waals surface area contributed by atoms with Crippen molar-refractivity contribution in [3.63, 3.8) is 0 Å². The highest BCUT2D eigenvalue weighted by Gasteiger charge is 2.00. The topological polar surface area (TPSA) is 0 Å². The molecule has 0 aliphatic rings. The van der Waals surface area contributed by atoms with Crippen LogP contribution in [0.1, 0.15) is 0 Å². The predicted molar refractivity (Wildman–Crippen MR) is 73.8 cm³/mol. The molecule has 0 aliphatic carbocycles. The van der Waals surface area contributed by atoms with E-state index in [1.807, 2.05) is 18.2 Å². The number of hydrogen-bond donors (Lipinski definition) is 0. The quantitative estimate of drug-likeness (QED) is 0.608. The molecule has 0 heteroatoms. The van der Waals surface area contributed by atoms with Gasteiger partial charge < -0.3 is 0 Å². The zero-order valence-corrected chi connectivity index (χ0v) is 9.85. The largest absolute Gasteiger partial charge is 0.0622 e. The summed E-state index contributed by atoms with van der Waals surface area (Å²) in [5, 5.41) is 0. The Morgan fingerprint density at radius 1 is 0.667 bits per heavy atom. The molecule has 0 bridgehead atoms. The van der Waals surface area contributed by atoms with Crippen LogP contribution in [-0.2, 0) is 0 Å². The van der Waals surface area contributed by atoms with E-state index in [0.29, 0.717) is 0 Å². The molecule has 3 aromatic rings. The first kappa shape index (κ1) is 10.8. The van der Waals surface area contributed by atoms with Gasteiger partial charge in [0.2, 0.25) is 0 Å². The summed E-state index contributed by atoms with van der Waals surface area (Å²) in [6, 6.07) is 31.5. The fraction of sp³-hybridized carbons (Fsp3) is 0. The molecule has 0 saturated heterocycles. The van der Waals surface area contributed by atoms with Crippen LogP contribution in [0.4, 0.5) is 0 Å². The first-order valence-corrected chi connectivity index (χ1v) is 5.89. The second kappa shape index (κ2) is 4.89. The Kier molecular flexibility index (Phi) is 2.93. The van der Waals surface area contributed by atoms with Crippen LogP contribution in [0.5, 0.6) is 0 Å². The number of benzene rings is 3. The van der Waals surface area contributed by atoms with Gasteiger partial charge in [0.25, 0.3) is 0 Å². The maximum absolute atomic E-state index is 3.08. The van der Waals surface area contributed by atoms with Crippen LogP contribution in [0.3, 0.4) is 0 Å². The van der Waals surface area contributed by atoms with E-state index in [1.165, 1.54) is 11.1 Å². The summed E-state index contributed by atoms with van der Waals surface area (Å²) in [6.07, 6.45) is 0. The molecule has 0 N–H and O–H groups in total. The van der Waals surface area contributed by atoms with Crippen LogP contribution in [-0.4, -0.2) is 0 Å². The summed E-state index contributed by atoms with van der Waals surface area (Å²) < 4.78 is 0. The Bertz CT molecular complexity index is 570. The third kappa shape index (κ3) is 2.18. The molecule has 3 aromatic carbocycles. The minimum atomic E-state index is 1.05. The Balaban J connectivity index is 2.05. The van der Waals surface area contributed by atoms with Gasteiger partial charge in [0.1, 0.15) is 0 Å². The fourth-order valence-electron chi connectivity index (χ4n) is 1.98. The van der Waals surface area contributed by atoms with Crippen molar-refractivity contribution < 1.29 is 0 Å². The maximum atomic E-state index is 3.08. The van der Waals surface area contributed by atoms with Gasteiger partial charge in [-0.1, -0.05) is 60.7 Å². The summed E-state index contributed by atoms with van der Waals surface area (Å²) >= 11 is 0. The Morgan fingerprint density at radius 3 is 2.22 bits per heavy atom. The molecule has 83 valence electrons. The molecular weight excluding hydrogens is 216 g/mol. The lowest BCUT2D eigenvalue weighted by Gasteiger charge is -2.05. The van der Waals surface area contributed by atoms with Crippen LogP contribution in [0, 0.1) is 18.2 Å². The predicted octanol–water partition coefficient (Wildman–Crippen LogP) is 4.42. The van der Waals surface area contributed by atoms with Crippen molar-refractivity contribution in [2.75, 3.05) is 0 Å². The van der Waals surface area contributed by atoms with Gasteiger partial charge in [0.15, 0.2) is 0 Å². The number of rotatable bonds is 2. The van der Waals surface area contributed by atoms with Crippen LogP contribution in [0.25, 0.3) is 22.3 Å². The number of hydrogen-bond acceptors (Lipinski definition) is 0. The molecule has 18 heavy (non-hydrogen) atoms. The van der Waals surface area contributed by atoms with Crippen LogP contribution in [0.15, 0.2) is 66.7 Å². The normalized spacial score (nSPS) is 10.2. The second-order valence-electron chi connectivity index (χ2n) is 4.09. The second-order valence-corrected chi connectivity index (χ2v) is 4.09. The zero-order valence-electron chi connectivity index (χ0n) is 9.85. The van der Waals surface area contributed by atoms with E-state index in [0.717, 1.165) is 11.1 Å². The average Bonchev–Trinajstić information content (AvgIpc) is 2.49. The van der Waals surface area contributed by atoms with Crippen LogP contribution < -0.4 is 0 Å². The molecule has 0 spiro atoms. The lowest BCUT2D eigenvalue weighted by atomic mass is 9.99. The van der Waals surface area contributed by atoms with Crippen molar-refractivity contribution in [2.24, 2.45) is 0 Å². The maximum Gasteiger partial charge on any atom is -0.000718 e. The minimum absolute atomic E-state index is 1.05. The molecule has 3 rings (SSSR count). The minimum Gasteiger partial charge on any atom is -0.0622 e. The highest BCUT2D eigenvalue weighted by molar-refractivity contribution is 5.72. The molecule has 0 unspecified atom stereocenters. The molecule has 0 fully saturated rings. The standard InChI is InChI=1S/C18H11/c1-3-8-15(9-4-1)17-12-7-13-18(14-17)16-10-5-2-6-11-16/h1,3-5,7-10,12-14H. The summed E-state index contributed by atoms with van der Waals surface area (Å²) in [5.41, 5.74) is 4.65. The molecule has 0 aromatic heterocycles. The van der Waals surface area contributed by atoms with Crippen molar-refractivity contribution >= 4 is 0 Å². The van der Waals surface area contributed by atoms with Gasteiger partial charge in [-0.25, -0.2) is 0 Å². The van der Waals surface area contributed by atoms with Gasteiger partial charge in [-0.15, -0.1) is 0 Å². The first-order chi connectivity index (χ1) is 8.93. The summed E-state index contributed by atoms with van der Waals surface area (Å²) in [7, 11) is 0. The summed E-state index contributed by atoms with van der Waals surface area (Å²) in [5.74, 6) is 0. The van der Waals surface area contributed by atoms with E-state index in [4.69, 9.17) is 0 Å². The third-order valence-electron chi connectivity index (χ3n) is 2.88. The van der Waals surface area contributed by atoms with E-state index >= 15 is 0 Å². The van der Waals surface area contributed by atoms with E-state index in [2.05, 4.69) is 66.7 Å². The molecule has 0 saturated carbocycles. The Morgan fingerprint density at radius 2 is 1.44 bits per heavy atom. The van der Waals surface area contributed by atoms with Crippen molar-refractivity contribution in [3.05, 3.63) is 84.9 Å². The molecule has 0 heterocycles. The molecular formula is C18H11. The van der Waals surface area contributed by atoms with Crippen molar-refractivity contribution in [2.45, 2.75) is 0 Å². The molecule has 3 radical (unpaired) electrons. The van der Waals surface area contributed by atoms with E-state index in [-0.39, 0.29) is 0 Å². The van der Waals surface area contributed by atoms with Crippen molar-refractivity contribution in [1.82, 2.24) is 0 Å². The molecule has 0 atom stereocenters. The monoisotopic (exact) mass is 227 g/mol.